The average molecular weight is 124 g/mol. The van der Waals surface area contributed by atoms with E-state index >= 15 is 0 Å². The number of rotatable bonds is 1. The van der Waals surface area contributed by atoms with Crippen LogP contribution in [-0.2, 0) is 0 Å². The summed E-state index contributed by atoms with van der Waals surface area (Å²) in [5, 5.41) is 0. The van der Waals surface area contributed by atoms with Gasteiger partial charge in [0.1, 0.15) is 0 Å². The van der Waals surface area contributed by atoms with E-state index in [9.17, 15) is 0 Å². The molecule has 0 spiro atoms. The SMILES string of the molecule is CC(C)([NH])C1=CCCC1. The minimum atomic E-state index is -0.309. The lowest BCUT2D eigenvalue weighted by Crippen LogP contribution is -2.22. The van der Waals surface area contributed by atoms with Gasteiger partial charge < -0.3 is 0 Å². The molecular weight excluding hydrogens is 110 g/mol. The molecule has 9 heavy (non-hydrogen) atoms. The van der Waals surface area contributed by atoms with Gasteiger partial charge in [0.15, 0.2) is 0 Å². The maximum Gasteiger partial charge on any atom is 0.0476 e. The van der Waals surface area contributed by atoms with E-state index in [2.05, 4.69) is 6.08 Å². The summed E-state index contributed by atoms with van der Waals surface area (Å²) < 4.78 is 0. The Balaban J connectivity index is 2.61. The molecule has 0 saturated heterocycles. The van der Waals surface area contributed by atoms with Crippen molar-refractivity contribution in [1.82, 2.24) is 5.73 Å². The number of hydrogen-bond acceptors (Lipinski definition) is 0. The molecule has 1 nitrogen and oxygen atoms in total. The molecule has 1 heteroatoms. The summed E-state index contributed by atoms with van der Waals surface area (Å²) in [6.45, 7) is 3.92. The molecule has 0 atom stereocenters. The van der Waals surface area contributed by atoms with Crippen LogP contribution < -0.4 is 5.73 Å². The van der Waals surface area contributed by atoms with Crippen LogP contribution in [0.4, 0.5) is 0 Å². The van der Waals surface area contributed by atoms with Gasteiger partial charge in [-0.1, -0.05) is 11.6 Å². The normalized spacial score (nSPS) is 20.1. The van der Waals surface area contributed by atoms with Gasteiger partial charge in [-0.15, -0.1) is 0 Å². The minimum absolute atomic E-state index is 0.309. The van der Waals surface area contributed by atoms with Crippen LogP contribution in [0.2, 0.25) is 0 Å². The van der Waals surface area contributed by atoms with Crippen molar-refractivity contribution in [1.29, 1.82) is 0 Å². The first-order valence-corrected chi connectivity index (χ1v) is 3.55. The summed E-state index contributed by atoms with van der Waals surface area (Å²) in [7, 11) is 0. The topological polar surface area (TPSA) is 23.8 Å². The lowest BCUT2D eigenvalue weighted by atomic mass is 9.95. The summed E-state index contributed by atoms with van der Waals surface area (Å²) in [6, 6.07) is 0. The van der Waals surface area contributed by atoms with Crippen molar-refractivity contribution in [3.05, 3.63) is 11.6 Å². The summed E-state index contributed by atoms with van der Waals surface area (Å²) >= 11 is 0. The molecule has 51 valence electrons. The Morgan fingerprint density at radius 3 is 2.44 bits per heavy atom. The number of nitrogens with one attached hydrogen (secondary N) is 1. The molecule has 1 aliphatic carbocycles. The van der Waals surface area contributed by atoms with E-state index in [-0.39, 0.29) is 5.54 Å². The highest BCUT2D eigenvalue weighted by atomic mass is 14.7. The molecular formula is C8H14N. The fourth-order valence-corrected chi connectivity index (χ4v) is 1.24. The second kappa shape index (κ2) is 2.14. The molecule has 0 bridgehead atoms. The molecule has 0 unspecified atom stereocenters. The van der Waals surface area contributed by atoms with Crippen LogP contribution in [0.15, 0.2) is 11.6 Å². The zero-order valence-electron chi connectivity index (χ0n) is 6.20. The van der Waals surface area contributed by atoms with Crippen molar-refractivity contribution < 1.29 is 0 Å². The second-order valence-corrected chi connectivity index (χ2v) is 3.25. The summed E-state index contributed by atoms with van der Waals surface area (Å²) in [5.41, 5.74) is 8.67. The first kappa shape index (κ1) is 6.81. The zero-order chi connectivity index (χ0) is 6.91. The van der Waals surface area contributed by atoms with E-state index in [0.29, 0.717) is 0 Å². The lowest BCUT2D eigenvalue weighted by Gasteiger charge is -2.18. The van der Waals surface area contributed by atoms with Crippen LogP contribution in [0, 0.1) is 0 Å². The molecule has 0 aliphatic heterocycles. The smallest absolute Gasteiger partial charge is 0.0476 e. The Morgan fingerprint density at radius 1 is 1.56 bits per heavy atom. The molecule has 0 aromatic rings. The Kier molecular flexibility index (Phi) is 1.62. The Labute approximate surface area is 56.9 Å². The van der Waals surface area contributed by atoms with Crippen LogP contribution in [0.1, 0.15) is 33.1 Å². The molecule has 0 fully saturated rings. The average Bonchev–Trinajstić information content (AvgIpc) is 2.08. The molecule has 0 saturated carbocycles. The van der Waals surface area contributed by atoms with Crippen molar-refractivity contribution in [2.75, 3.05) is 0 Å². The Hall–Kier alpha value is -0.300. The molecule has 0 amide bonds. The summed E-state index contributed by atoms with van der Waals surface area (Å²) in [5.74, 6) is 0. The lowest BCUT2D eigenvalue weighted by molar-refractivity contribution is 0.571. The molecule has 0 aromatic carbocycles. The highest BCUT2D eigenvalue weighted by molar-refractivity contribution is 5.19. The predicted molar refractivity (Wildman–Crippen MR) is 39.1 cm³/mol. The Bertz CT molecular complexity index is 128. The fraction of sp³-hybridized carbons (Fsp3) is 0.750. The van der Waals surface area contributed by atoms with E-state index in [0.717, 1.165) is 6.42 Å². The van der Waals surface area contributed by atoms with Gasteiger partial charge in [-0.2, -0.15) is 0 Å². The van der Waals surface area contributed by atoms with Crippen molar-refractivity contribution in [3.8, 4) is 0 Å². The van der Waals surface area contributed by atoms with Crippen LogP contribution in [0.5, 0.6) is 0 Å². The largest absolute Gasteiger partial charge is 0.247 e. The quantitative estimate of drug-likeness (QED) is 0.478. The molecule has 0 aromatic heterocycles. The monoisotopic (exact) mass is 124 g/mol. The zero-order valence-corrected chi connectivity index (χ0v) is 6.20. The van der Waals surface area contributed by atoms with E-state index in [1.807, 2.05) is 13.8 Å². The summed E-state index contributed by atoms with van der Waals surface area (Å²) in [6.07, 6.45) is 5.82. The van der Waals surface area contributed by atoms with Gasteiger partial charge in [0, 0.05) is 5.54 Å². The van der Waals surface area contributed by atoms with Crippen molar-refractivity contribution >= 4 is 0 Å². The maximum atomic E-state index is 7.66. The fourth-order valence-electron chi connectivity index (χ4n) is 1.24. The summed E-state index contributed by atoms with van der Waals surface area (Å²) in [4.78, 5) is 0. The maximum absolute atomic E-state index is 7.66. The van der Waals surface area contributed by atoms with Crippen molar-refractivity contribution in [3.63, 3.8) is 0 Å². The first-order chi connectivity index (χ1) is 4.11. The van der Waals surface area contributed by atoms with Gasteiger partial charge in [-0.05, 0) is 33.1 Å². The van der Waals surface area contributed by atoms with E-state index in [1.165, 1.54) is 18.4 Å². The van der Waals surface area contributed by atoms with E-state index in [4.69, 9.17) is 5.73 Å². The van der Waals surface area contributed by atoms with Gasteiger partial charge in [-0.3, -0.25) is 0 Å². The van der Waals surface area contributed by atoms with Crippen molar-refractivity contribution in [2.45, 2.75) is 38.6 Å². The van der Waals surface area contributed by atoms with Gasteiger partial charge >= 0.3 is 0 Å². The van der Waals surface area contributed by atoms with Gasteiger partial charge in [0.05, 0.1) is 0 Å². The molecule has 1 N–H and O–H groups in total. The van der Waals surface area contributed by atoms with E-state index < -0.39 is 0 Å². The van der Waals surface area contributed by atoms with Gasteiger partial charge in [0.2, 0.25) is 0 Å². The molecule has 0 heterocycles. The highest BCUT2D eigenvalue weighted by Crippen LogP contribution is 2.26. The third-order valence-electron chi connectivity index (χ3n) is 1.84. The van der Waals surface area contributed by atoms with Crippen LogP contribution in [0.3, 0.4) is 0 Å². The molecule has 1 aliphatic rings. The van der Waals surface area contributed by atoms with Crippen LogP contribution >= 0.6 is 0 Å². The van der Waals surface area contributed by atoms with Crippen molar-refractivity contribution in [2.24, 2.45) is 0 Å². The molecule has 1 rings (SSSR count). The number of hydrogen-bond donors (Lipinski definition) is 0. The highest BCUT2D eigenvalue weighted by Gasteiger charge is 2.19. The van der Waals surface area contributed by atoms with Crippen LogP contribution in [-0.4, -0.2) is 5.54 Å². The second-order valence-electron chi connectivity index (χ2n) is 3.25. The number of allylic oxidation sites excluding steroid dienone is 1. The standard InChI is InChI=1S/C8H14N/c1-8(2,9)7-5-3-4-6-7/h5,9H,3-4,6H2,1-2H3. The van der Waals surface area contributed by atoms with Crippen LogP contribution in [0.25, 0.3) is 0 Å². The van der Waals surface area contributed by atoms with E-state index in [1.54, 1.807) is 0 Å². The predicted octanol–water partition coefficient (Wildman–Crippen LogP) is 2.16. The third-order valence-corrected chi connectivity index (χ3v) is 1.84. The third kappa shape index (κ3) is 1.55. The molecule has 1 radical (unpaired) electrons. The first-order valence-electron chi connectivity index (χ1n) is 3.55. The van der Waals surface area contributed by atoms with Gasteiger partial charge in [-0.25, -0.2) is 5.73 Å². The minimum Gasteiger partial charge on any atom is -0.247 e. The van der Waals surface area contributed by atoms with Gasteiger partial charge in [0.25, 0.3) is 0 Å². The Morgan fingerprint density at radius 2 is 2.22 bits per heavy atom.